The van der Waals surface area contributed by atoms with Crippen molar-refractivity contribution in [2.24, 2.45) is 0 Å². The number of piperidine rings is 1. The number of benzene rings is 1. The summed E-state index contributed by atoms with van der Waals surface area (Å²) in [4.78, 5) is 6.95. The highest BCUT2D eigenvalue weighted by atomic mass is 32.1. The average Bonchev–Trinajstić information content (AvgIpc) is 3.05. The second kappa shape index (κ2) is 7.85. The quantitative estimate of drug-likeness (QED) is 0.838. The summed E-state index contributed by atoms with van der Waals surface area (Å²) in [5, 5.41) is 11.9. The predicted octanol–water partition coefficient (Wildman–Crippen LogP) is 4.57. The molecule has 0 bridgehead atoms. The minimum absolute atomic E-state index is 0.190. The van der Waals surface area contributed by atoms with Gasteiger partial charge in [0.25, 0.3) is 0 Å². The van der Waals surface area contributed by atoms with Crippen LogP contribution in [-0.2, 0) is 12.7 Å². The van der Waals surface area contributed by atoms with Gasteiger partial charge in [0.05, 0.1) is 11.3 Å². The molecule has 3 nitrogen and oxygen atoms in total. The maximum absolute atomic E-state index is 12.6. The number of likely N-dealkylation sites (tertiary alicyclic amines) is 1. The third-order valence-electron chi connectivity index (χ3n) is 4.59. The molecule has 0 saturated carbocycles. The normalized spacial score (nSPS) is 19.3. The van der Waals surface area contributed by atoms with E-state index in [2.05, 4.69) is 9.88 Å². The SMILES string of the molecule is OCCC1CCCCN1Cc1csc(-c2ccc(C(F)(F)F)cc2)n1. The molecular weight excluding hydrogens is 349 g/mol. The number of aromatic nitrogens is 1. The number of halogens is 3. The van der Waals surface area contributed by atoms with Gasteiger partial charge >= 0.3 is 6.18 Å². The van der Waals surface area contributed by atoms with E-state index in [4.69, 9.17) is 0 Å². The van der Waals surface area contributed by atoms with Crippen molar-refractivity contribution in [1.29, 1.82) is 0 Å². The van der Waals surface area contributed by atoms with Crippen LogP contribution in [-0.4, -0.2) is 34.2 Å². The Bertz CT molecular complexity index is 682. The van der Waals surface area contributed by atoms with Crippen molar-refractivity contribution in [2.75, 3.05) is 13.2 Å². The van der Waals surface area contributed by atoms with Crippen molar-refractivity contribution in [2.45, 2.75) is 44.4 Å². The van der Waals surface area contributed by atoms with Gasteiger partial charge in [0.1, 0.15) is 5.01 Å². The van der Waals surface area contributed by atoms with E-state index < -0.39 is 11.7 Å². The van der Waals surface area contributed by atoms with E-state index in [0.29, 0.717) is 11.6 Å². The molecule has 1 aromatic carbocycles. The van der Waals surface area contributed by atoms with E-state index in [1.54, 1.807) is 0 Å². The van der Waals surface area contributed by atoms with Crippen molar-refractivity contribution >= 4 is 11.3 Å². The lowest BCUT2D eigenvalue weighted by Gasteiger charge is -2.35. The first-order valence-electron chi connectivity index (χ1n) is 8.44. The lowest BCUT2D eigenvalue weighted by Crippen LogP contribution is -2.39. The lowest BCUT2D eigenvalue weighted by atomic mass is 9.99. The molecule has 1 aromatic heterocycles. The Morgan fingerprint density at radius 3 is 2.64 bits per heavy atom. The standard InChI is InChI=1S/C18H21F3N2OS/c19-18(20,21)14-6-4-13(5-7-14)17-22-15(12-25-17)11-23-9-2-1-3-16(23)8-10-24/h4-7,12,16,24H,1-3,8-11H2. The number of rotatable bonds is 5. The first-order chi connectivity index (χ1) is 12.0. The van der Waals surface area contributed by atoms with Gasteiger partial charge < -0.3 is 5.11 Å². The first kappa shape index (κ1) is 18.4. The van der Waals surface area contributed by atoms with Crippen LogP contribution in [0.25, 0.3) is 10.6 Å². The Morgan fingerprint density at radius 2 is 1.96 bits per heavy atom. The van der Waals surface area contributed by atoms with Gasteiger partial charge in [-0.3, -0.25) is 4.90 Å². The van der Waals surface area contributed by atoms with Gasteiger partial charge in [-0.05, 0) is 37.9 Å². The van der Waals surface area contributed by atoms with Crippen molar-refractivity contribution in [3.05, 3.63) is 40.9 Å². The zero-order valence-electron chi connectivity index (χ0n) is 13.8. The van der Waals surface area contributed by atoms with Crippen LogP contribution in [0.5, 0.6) is 0 Å². The summed E-state index contributed by atoms with van der Waals surface area (Å²) in [6.07, 6.45) is -0.109. The predicted molar refractivity (Wildman–Crippen MR) is 92.3 cm³/mol. The molecule has 1 fully saturated rings. The van der Waals surface area contributed by atoms with E-state index in [9.17, 15) is 18.3 Å². The highest BCUT2D eigenvalue weighted by Crippen LogP contribution is 2.32. The minimum atomic E-state index is -4.32. The zero-order valence-corrected chi connectivity index (χ0v) is 14.6. The van der Waals surface area contributed by atoms with Gasteiger partial charge in [0.2, 0.25) is 0 Å². The summed E-state index contributed by atoms with van der Waals surface area (Å²) in [5.41, 5.74) is 0.993. The molecule has 0 amide bonds. The highest BCUT2D eigenvalue weighted by Gasteiger charge is 2.30. The summed E-state index contributed by atoms with van der Waals surface area (Å²) in [7, 11) is 0. The zero-order chi connectivity index (χ0) is 17.9. The third kappa shape index (κ3) is 4.59. The fourth-order valence-electron chi connectivity index (χ4n) is 3.27. The second-order valence-electron chi connectivity index (χ2n) is 6.35. The summed E-state index contributed by atoms with van der Waals surface area (Å²) < 4.78 is 37.9. The number of alkyl halides is 3. The van der Waals surface area contributed by atoms with Crippen LogP contribution in [0.1, 0.15) is 36.9 Å². The smallest absolute Gasteiger partial charge is 0.396 e. The largest absolute Gasteiger partial charge is 0.416 e. The minimum Gasteiger partial charge on any atom is -0.396 e. The van der Waals surface area contributed by atoms with E-state index in [-0.39, 0.29) is 6.61 Å². The summed E-state index contributed by atoms with van der Waals surface area (Å²) >= 11 is 1.45. The Kier molecular flexibility index (Phi) is 5.76. The molecular formula is C18H21F3N2OS. The lowest BCUT2D eigenvalue weighted by molar-refractivity contribution is -0.137. The van der Waals surface area contributed by atoms with E-state index >= 15 is 0 Å². The van der Waals surface area contributed by atoms with Crippen LogP contribution in [0.4, 0.5) is 13.2 Å². The molecule has 2 aromatic rings. The number of hydrogen-bond donors (Lipinski definition) is 1. The van der Waals surface area contributed by atoms with Gasteiger partial charge in [-0.25, -0.2) is 4.98 Å². The number of hydrogen-bond acceptors (Lipinski definition) is 4. The molecule has 1 saturated heterocycles. The van der Waals surface area contributed by atoms with Crippen molar-refractivity contribution in [3.8, 4) is 10.6 Å². The average molecular weight is 370 g/mol. The van der Waals surface area contributed by atoms with Crippen LogP contribution in [0.2, 0.25) is 0 Å². The number of nitrogens with zero attached hydrogens (tertiary/aromatic N) is 2. The van der Waals surface area contributed by atoms with Gasteiger partial charge in [0.15, 0.2) is 0 Å². The van der Waals surface area contributed by atoms with Crippen LogP contribution >= 0.6 is 11.3 Å². The van der Waals surface area contributed by atoms with E-state index in [0.717, 1.165) is 55.2 Å². The van der Waals surface area contributed by atoms with Crippen LogP contribution in [0, 0.1) is 0 Å². The van der Waals surface area contributed by atoms with Crippen LogP contribution < -0.4 is 0 Å². The molecule has 2 heterocycles. The molecule has 0 spiro atoms. The molecule has 1 aliphatic rings. The Morgan fingerprint density at radius 1 is 1.20 bits per heavy atom. The van der Waals surface area contributed by atoms with Gasteiger partial charge in [-0.2, -0.15) is 13.2 Å². The number of aliphatic hydroxyl groups is 1. The van der Waals surface area contributed by atoms with Crippen molar-refractivity contribution < 1.29 is 18.3 Å². The van der Waals surface area contributed by atoms with Gasteiger partial charge in [0, 0.05) is 30.1 Å². The van der Waals surface area contributed by atoms with Crippen molar-refractivity contribution in [1.82, 2.24) is 9.88 Å². The Hall–Kier alpha value is -1.44. The molecule has 1 aliphatic heterocycles. The molecule has 136 valence electrons. The Labute approximate surface area is 149 Å². The topological polar surface area (TPSA) is 36.4 Å². The number of thiazole rings is 1. The maximum Gasteiger partial charge on any atom is 0.416 e. The molecule has 7 heteroatoms. The fraction of sp³-hybridized carbons (Fsp3) is 0.500. The summed E-state index contributed by atoms with van der Waals surface area (Å²) in [5.74, 6) is 0. The molecule has 0 radical (unpaired) electrons. The summed E-state index contributed by atoms with van der Waals surface area (Å²) in [6, 6.07) is 5.52. The van der Waals surface area contributed by atoms with E-state index in [1.165, 1.54) is 29.9 Å². The number of aliphatic hydroxyl groups excluding tert-OH is 1. The van der Waals surface area contributed by atoms with Crippen molar-refractivity contribution in [3.63, 3.8) is 0 Å². The third-order valence-corrected chi connectivity index (χ3v) is 5.53. The monoisotopic (exact) mass is 370 g/mol. The molecule has 3 rings (SSSR count). The molecule has 1 N–H and O–H groups in total. The Balaban J connectivity index is 1.69. The molecule has 1 unspecified atom stereocenters. The van der Waals surface area contributed by atoms with Crippen LogP contribution in [0.15, 0.2) is 29.6 Å². The van der Waals surface area contributed by atoms with Crippen LogP contribution in [0.3, 0.4) is 0 Å². The molecule has 1 atom stereocenters. The second-order valence-corrected chi connectivity index (χ2v) is 7.21. The fourth-order valence-corrected chi connectivity index (χ4v) is 4.08. The highest BCUT2D eigenvalue weighted by molar-refractivity contribution is 7.13. The van der Waals surface area contributed by atoms with Gasteiger partial charge in [-0.15, -0.1) is 11.3 Å². The molecule has 25 heavy (non-hydrogen) atoms. The molecule has 0 aliphatic carbocycles. The maximum atomic E-state index is 12.6. The van der Waals surface area contributed by atoms with Gasteiger partial charge in [-0.1, -0.05) is 18.6 Å². The summed E-state index contributed by atoms with van der Waals surface area (Å²) in [6.45, 7) is 1.91. The van der Waals surface area contributed by atoms with E-state index in [1.807, 2.05) is 5.38 Å². The first-order valence-corrected chi connectivity index (χ1v) is 9.32.